The third-order valence-corrected chi connectivity index (χ3v) is 5.58. The molecule has 1 aliphatic rings. The highest BCUT2D eigenvalue weighted by molar-refractivity contribution is 7.92. The van der Waals surface area contributed by atoms with E-state index in [0.29, 0.717) is 10.6 Å². The molecule has 24 heavy (non-hydrogen) atoms. The van der Waals surface area contributed by atoms with Crippen LogP contribution in [0.3, 0.4) is 0 Å². The summed E-state index contributed by atoms with van der Waals surface area (Å²) in [6.45, 7) is 2.92. The van der Waals surface area contributed by atoms with Crippen LogP contribution in [0.2, 0.25) is 0 Å². The zero-order chi connectivity index (χ0) is 17.0. The Bertz CT molecular complexity index is 802. The van der Waals surface area contributed by atoms with Gasteiger partial charge in [0.15, 0.2) is 0 Å². The van der Waals surface area contributed by atoms with Gasteiger partial charge in [0.2, 0.25) is 0 Å². The van der Waals surface area contributed by atoms with E-state index >= 15 is 0 Å². The van der Waals surface area contributed by atoms with E-state index in [2.05, 4.69) is 21.9 Å². The van der Waals surface area contributed by atoms with Gasteiger partial charge in [-0.15, -0.1) is 0 Å². The molecule has 0 saturated carbocycles. The number of sulfonamides is 1. The molecule has 6 heteroatoms. The topological polar surface area (TPSA) is 71.1 Å². The molecule has 0 bridgehead atoms. The van der Waals surface area contributed by atoms with Crippen molar-refractivity contribution in [1.29, 1.82) is 0 Å². The van der Waals surface area contributed by atoms with Crippen molar-refractivity contribution in [3.05, 3.63) is 47.7 Å². The van der Waals surface area contributed by atoms with Gasteiger partial charge in [-0.2, -0.15) is 0 Å². The third kappa shape index (κ3) is 3.87. The number of nitrogens with one attached hydrogen (secondary N) is 2. The summed E-state index contributed by atoms with van der Waals surface area (Å²) in [4.78, 5) is 4.54. The Morgan fingerprint density at radius 2 is 1.88 bits per heavy atom. The SMILES string of the molecule is CCCNc1ccc(NS(=O)(=O)c2ccc3c(c2)CCCC3)cn1. The Morgan fingerprint density at radius 1 is 1.08 bits per heavy atom. The minimum Gasteiger partial charge on any atom is -0.370 e. The minimum absolute atomic E-state index is 0.316. The summed E-state index contributed by atoms with van der Waals surface area (Å²) in [6, 6.07) is 8.94. The van der Waals surface area contributed by atoms with E-state index in [0.717, 1.165) is 43.6 Å². The number of benzene rings is 1. The lowest BCUT2D eigenvalue weighted by atomic mass is 9.92. The number of rotatable bonds is 6. The molecule has 0 saturated heterocycles. The molecule has 1 aromatic carbocycles. The monoisotopic (exact) mass is 345 g/mol. The van der Waals surface area contributed by atoms with E-state index in [1.54, 1.807) is 24.3 Å². The van der Waals surface area contributed by atoms with Gasteiger partial charge in [-0.1, -0.05) is 13.0 Å². The van der Waals surface area contributed by atoms with Crippen LogP contribution in [0.4, 0.5) is 11.5 Å². The molecule has 128 valence electrons. The number of aryl methyl sites for hydroxylation is 2. The summed E-state index contributed by atoms with van der Waals surface area (Å²) >= 11 is 0. The predicted octanol–water partition coefficient (Wildman–Crippen LogP) is 3.58. The Kier molecular flexibility index (Phi) is 5.04. The maximum atomic E-state index is 12.6. The Balaban J connectivity index is 1.76. The van der Waals surface area contributed by atoms with Crippen molar-refractivity contribution in [2.75, 3.05) is 16.6 Å². The maximum absolute atomic E-state index is 12.6. The van der Waals surface area contributed by atoms with Gasteiger partial charge in [0.25, 0.3) is 10.0 Å². The van der Waals surface area contributed by atoms with Crippen LogP contribution in [0.15, 0.2) is 41.4 Å². The average molecular weight is 345 g/mol. The molecule has 2 N–H and O–H groups in total. The lowest BCUT2D eigenvalue weighted by Crippen LogP contribution is -2.14. The highest BCUT2D eigenvalue weighted by atomic mass is 32.2. The Hall–Kier alpha value is -2.08. The molecule has 0 radical (unpaired) electrons. The maximum Gasteiger partial charge on any atom is 0.261 e. The second-order valence-corrected chi connectivity index (χ2v) is 7.78. The van der Waals surface area contributed by atoms with E-state index in [9.17, 15) is 8.42 Å². The standard InChI is InChI=1S/C18H23N3O2S/c1-2-11-19-18-10-8-16(13-20-18)21-24(22,23)17-9-7-14-5-3-4-6-15(14)12-17/h7-10,12-13,21H,2-6,11H2,1H3,(H,19,20). The van der Waals surface area contributed by atoms with Crippen LogP contribution in [-0.2, 0) is 22.9 Å². The number of hydrogen-bond donors (Lipinski definition) is 2. The largest absolute Gasteiger partial charge is 0.370 e. The van der Waals surface area contributed by atoms with Gasteiger partial charge in [0.05, 0.1) is 16.8 Å². The zero-order valence-electron chi connectivity index (χ0n) is 13.9. The summed E-state index contributed by atoms with van der Waals surface area (Å²) in [5.41, 5.74) is 2.89. The number of aromatic nitrogens is 1. The van der Waals surface area contributed by atoms with Gasteiger partial charge in [0.1, 0.15) is 5.82 Å². The molecular weight excluding hydrogens is 322 g/mol. The predicted molar refractivity (Wildman–Crippen MR) is 96.9 cm³/mol. The summed E-state index contributed by atoms with van der Waals surface area (Å²) < 4.78 is 27.8. The first-order chi connectivity index (χ1) is 11.6. The average Bonchev–Trinajstić information content (AvgIpc) is 2.60. The van der Waals surface area contributed by atoms with Crippen LogP contribution < -0.4 is 10.0 Å². The van der Waals surface area contributed by atoms with Crippen LogP contribution in [0.5, 0.6) is 0 Å². The normalized spacial score (nSPS) is 14.0. The highest BCUT2D eigenvalue weighted by Gasteiger charge is 2.18. The van der Waals surface area contributed by atoms with Gasteiger partial charge >= 0.3 is 0 Å². The molecule has 5 nitrogen and oxygen atoms in total. The van der Waals surface area contributed by atoms with Gasteiger partial charge in [0, 0.05) is 6.54 Å². The van der Waals surface area contributed by atoms with E-state index in [-0.39, 0.29) is 0 Å². The van der Waals surface area contributed by atoms with Crippen molar-refractivity contribution in [1.82, 2.24) is 4.98 Å². The number of anilines is 2. The fourth-order valence-corrected chi connectivity index (χ4v) is 4.00. The summed E-state index contributed by atoms with van der Waals surface area (Å²) in [5, 5.41) is 3.16. The molecular formula is C18H23N3O2S. The van der Waals surface area contributed by atoms with Crippen LogP contribution in [0.25, 0.3) is 0 Å². The van der Waals surface area contributed by atoms with Crippen molar-refractivity contribution in [3.8, 4) is 0 Å². The fraction of sp³-hybridized carbons (Fsp3) is 0.389. The van der Waals surface area contributed by atoms with Crippen LogP contribution in [0, 0.1) is 0 Å². The molecule has 2 aromatic rings. The highest BCUT2D eigenvalue weighted by Crippen LogP contribution is 2.25. The Labute approximate surface area is 143 Å². The van der Waals surface area contributed by atoms with E-state index in [1.165, 1.54) is 18.2 Å². The fourth-order valence-electron chi connectivity index (χ4n) is 2.90. The first kappa shape index (κ1) is 16.8. The third-order valence-electron chi connectivity index (χ3n) is 4.20. The molecule has 1 aliphatic carbocycles. The van der Waals surface area contributed by atoms with Gasteiger partial charge in [-0.05, 0) is 67.5 Å². The summed E-state index contributed by atoms with van der Waals surface area (Å²) in [5.74, 6) is 0.744. The lowest BCUT2D eigenvalue weighted by Gasteiger charge is -2.17. The molecule has 0 unspecified atom stereocenters. The van der Waals surface area contributed by atoms with E-state index in [4.69, 9.17) is 0 Å². The molecule has 0 spiro atoms. The second kappa shape index (κ2) is 7.21. The van der Waals surface area contributed by atoms with E-state index in [1.807, 2.05) is 6.07 Å². The summed E-state index contributed by atoms with van der Waals surface area (Å²) in [6.07, 6.45) is 6.85. The first-order valence-corrected chi connectivity index (χ1v) is 9.91. The van der Waals surface area contributed by atoms with Crippen molar-refractivity contribution < 1.29 is 8.42 Å². The molecule has 1 aromatic heterocycles. The van der Waals surface area contributed by atoms with Gasteiger partial charge in [-0.3, -0.25) is 4.72 Å². The first-order valence-electron chi connectivity index (χ1n) is 8.43. The number of hydrogen-bond acceptors (Lipinski definition) is 4. The van der Waals surface area contributed by atoms with Crippen molar-refractivity contribution in [3.63, 3.8) is 0 Å². The molecule has 0 amide bonds. The molecule has 3 rings (SSSR count). The molecule has 0 fully saturated rings. The molecule has 0 aliphatic heterocycles. The number of fused-ring (bicyclic) bond motifs is 1. The quantitative estimate of drug-likeness (QED) is 0.839. The smallest absolute Gasteiger partial charge is 0.261 e. The van der Waals surface area contributed by atoms with Crippen LogP contribution in [-0.4, -0.2) is 19.9 Å². The molecule has 1 heterocycles. The van der Waals surface area contributed by atoms with Crippen molar-refractivity contribution in [2.24, 2.45) is 0 Å². The number of pyridine rings is 1. The van der Waals surface area contributed by atoms with Crippen LogP contribution in [0.1, 0.15) is 37.3 Å². The van der Waals surface area contributed by atoms with Gasteiger partial charge in [-0.25, -0.2) is 13.4 Å². The Morgan fingerprint density at radius 3 is 2.58 bits per heavy atom. The zero-order valence-corrected chi connectivity index (χ0v) is 14.7. The summed E-state index contributed by atoms with van der Waals surface area (Å²) in [7, 11) is -3.59. The van der Waals surface area contributed by atoms with Crippen molar-refractivity contribution >= 4 is 21.5 Å². The van der Waals surface area contributed by atoms with E-state index < -0.39 is 10.0 Å². The number of nitrogens with zero attached hydrogens (tertiary/aromatic N) is 1. The minimum atomic E-state index is -3.59. The van der Waals surface area contributed by atoms with Gasteiger partial charge < -0.3 is 5.32 Å². The van der Waals surface area contributed by atoms with Crippen molar-refractivity contribution in [2.45, 2.75) is 43.9 Å². The lowest BCUT2D eigenvalue weighted by molar-refractivity contribution is 0.600. The second-order valence-electron chi connectivity index (χ2n) is 6.10. The molecule has 0 atom stereocenters. The van der Waals surface area contributed by atoms with Crippen LogP contribution >= 0.6 is 0 Å².